The second-order valence-corrected chi connectivity index (χ2v) is 6.54. The highest BCUT2D eigenvalue weighted by Crippen LogP contribution is 2.43. The minimum Gasteiger partial charge on any atom is -0.310 e. The van der Waals surface area contributed by atoms with Gasteiger partial charge in [0.05, 0.1) is 0 Å². The van der Waals surface area contributed by atoms with Gasteiger partial charge in [-0.2, -0.15) is 0 Å². The van der Waals surface area contributed by atoms with E-state index in [-0.39, 0.29) is 0 Å². The van der Waals surface area contributed by atoms with Crippen LogP contribution >= 0.6 is 0 Å². The first-order valence-corrected chi connectivity index (χ1v) is 7.23. The number of hydrogen-bond acceptors (Lipinski definition) is 2. The normalized spacial score (nSPS) is 33.6. The maximum Gasteiger partial charge on any atom is 0.0309 e. The van der Waals surface area contributed by atoms with E-state index in [1.54, 1.807) is 0 Å². The Morgan fingerprint density at radius 3 is 2.38 bits per heavy atom. The van der Waals surface area contributed by atoms with Gasteiger partial charge in [0.25, 0.3) is 0 Å². The van der Waals surface area contributed by atoms with Crippen LogP contribution < -0.4 is 5.32 Å². The van der Waals surface area contributed by atoms with Crippen molar-refractivity contribution in [2.24, 2.45) is 0 Å². The minimum absolute atomic E-state index is 0.486. The van der Waals surface area contributed by atoms with Gasteiger partial charge in [0.1, 0.15) is 0 Å². The molecule has 3 fully saturated rings. The third kappa shape index (κ3) is 2.02. The molecule has 2 saturated carbocycles. The molecule has 3 rings (SSSR count). The monoisotopic (exact) mass is 222 g/mol. The first-order valence-electron chi connectivity index (χ1n) is 7.23. The second kappa shape index (κ2) is 3.99. The van der Waals surface area contributed by atoms with Gasteiger partial charge in [-0.25, -0.2) is 0 Å². The molecule has 0 bridgehead atoms. The highest BCUT2D eigenvalue weighted by atomic mass is 15.3. The molecule has 0 amide bonds. The van der Waals surface area contributed by atoms with Crippen molar-refractivity contribution in [2.75, 3.05) is 19.6 Å². The van der Waals surface area contributed by atoms with E-state index in [2.05, 4.69) is 17.1 Å². The van der Waals surface area contributed by atoms with E-state index in [0.717, 1.165) is 0 Å². The van der Waals surface area contributed by atoms with Gasteiger partial charge in [-0.15, -0.1) is 0 Å². The van der Waals surface area contributed by atoms with E-state index in [1.807, 2.05) is 0 Å². The maximum absolute atomic E-state index is 3.89. The van der Waals surface area contributed by atoms with Crippen LogP contribution in [-0.4, -0.2) is 35.6 Å². The quantitative estimate of drug-likeness (QED) is 0.733. The van der Waals surface area contributed by atoms with Crippen molar-refractivity contribution in [3.8, 4) is 0 Å². The summed E-state index contributed by atoms with van der Waals surface area (Å²) in [5.41, 5.74) is 1.07. The molecule has 1 N–H and O–H groups in total. The molecule has 2 aliphatic carbocycles. The molecule has 0 aromatic rings. The average Bonchev–Trinajstić information content (AvgIpc) is 3.05. The molecule has 92 valence electrons. The van der Waals surface area contributed by atoms with Crippen LogP contribution in [0.3, 0.4) is 0 Å². The summed E-state index contributed by atoms with van der Waals surface area (Å²) in [7, 11) is 0. The van der Waals surface area contributed by atoms with Gasteiger partial charge in [-0.1, -0.05) is 19.3 Å². The molecule has 0 atom stereocenters. The Morgan fingerprint density at radius 1 is 0.938 bits per heavy atom. The fourth-order valence-electron chi connectivity index (χ4n) is 3.65. The molecular formula is C14H26N2. The molecule has 0 aromatic heterocycles. The van der Waals surface area contributed by atoms with E-state index >= 15 is 0 Å². The lowest BCUT2D eigenvalue weighted by molar-refractivity contribution is 0.123. The molecule has 1 aliphatic heterocycles. The molecule has 0 aromatic carbocycles. The van der Waals surface area contributed by atoms with Crippen LogP contribution in [0.25, 0.3) is 0 Å². The molecular weight excluding hydrogens is 196 g/mol. The van der Waals surface area contributed by atoms with E-state index in [9.17, 15) is 0 Å². The van der Waals surface area contributed by atoms with Crippen LogP contribution in [0.15, 0.2) is 0 Å². The highest BCUT2D eigenvalue weighted by molar-refractivity contribution is 5.05. The van der Waals surface area contributed by atoms with E-state index in [4.69, 9.17) is 0 Å². The third-order valence-electron chi connectivity index (χ3n) is 5.15. The first-order chi connectivity index (χ1) is 7.73. The van der Waals surface area contributed by atoms with E-state index in [0.29, 0.717) is 11.1 Å². The molecule has 16 heavy (non-hydrogen) atoms. The van der Waals surface area contributed by atoms with Crippen LogP contribution in [-0.2, 0) is 0 Å². The van der Waals surface area contributed by atoms with Crippen LogP contribution in [0.2, 0.25) is 0 Å². The lowest BCUT2D eigenvalue weighted by atomic mass is 9.81. The molecule has 3 aliphatic rings. The Balaban J connectivity index is 1.73. The summed E-state index contributed by atoms with van der Waals surface area (Å²) >= 11 is 0. The zero-order chi connectivity index (χ0) is 11.1. The predicted octanol–water partition coefficient (Wildman–Crippen LogP) is 2.54. The molecule has 1 spiro atoms. The number of hydrogen-bond donors (Lipinski definition) is 1. The summed E-state index contributed by atoms with van der Waals surface area (Å²) in [6, 6.07) is 0. The SMILES string of the molecule is CC1(N2CCCNC3(CCCCC3)C2)CC1. The summed E-state index contributed by atoms with van der Waals surface area (Å²) in [4.78, 5) is 2.80. The molecule has 2 heteroatoms. The Kier molecular flexibility index (Phi) is 2.75. The zero-order valence-electron chi connectivity index (χ0n) is 10.7. The van der Waals surface area contributed by atoms with Gasteiger partial charge < -0.3 is 5.32 Å². The van der Waals surface area contributed by atoms with Crippen LogP contribution in [0.4, 0.5) is 0 Å². The Hall–Kier alpha value is -0.0800. The van der Waals surface area contributed by atoms with Gasteiger partial charge in [-0.05, 0) is 52.1 Å². The van der Waals surface area contributed by atoms with Gasteiger partial charge in [0.2, 0.25) is 0 Å². The Morgan fingerprint density at radius 2 is 1.69 bits per heavy atom. The number of nitrogens with one attached hydrogen (secondary N) is 1. The minimum atomic E-state index is 0.486. The molecule has 0 unspecified atom stereocenters. The van der Waals surface area contributed by atoms with Crippen molar-refractivity contribution >= 4 is 0 Å². The second-order valence-electron chi connectivity index (χ2n) is 6.54. The van der Waals surface area contributed by atoms with Crippen molar-refractivity contribution in [2.45, 2.75) is 69.4 Å². The van der Waals surface area contributed by atoms with Crippen molar-refractivity contribution in [3.05, 3.63) is 0 Å². The summed E-state index contributed by atoms with van der Waals surface area (Å²) in [5, 5.41) is 3.89. The molecule has 1 heterocycles. The van der Waals surface area contributed by atoms with Gasteiger partial charge in [-0.3, -0.25) is 4.90 Å². The standard InChI is InChI=1S/C14H26N2/c1-13(8-9-13)16-11-5-10-15-14(12-16)6-3-2-4-7-14/h15H,2-12H2,1H3. The number of nitrogens with zero attached hydrogens (tertiary/aromatic N) is 1. The predicted molar refractivity (Wildman–Crippen MR) is 67.6 cm³/mol. The van der Waals surface area contributed by atoms with Gasteiger partial charge in [0.15, 0.2) is 0 Å². The fraction of sp³-hybridized carbons (Fsp3) is 1.00. The molecule has 0 radical (unpaired) electrons. The van der Waals surface area contributed by atoms with Crippen LogP contribution in [0.5, 0.6) is 0 Å². The summed E-state index contributed by atoms with van der Waals surface area (Å²) in [6.07, 6.45) is 11.4. The van der Waals surface area contributed by atoms with E-state index < -0.39 is 0 Å². The lowest BCUT2D eigenvalue weighted by Gasteiger charge is -2.42. The summed E-state index contributed by atoms with van der Waals surface area (Å²) in [6.45, 7) is 6.36. The molecule has 1 saturated heterocycles. The van der Waals surface area contributed by atoms with E-state index in [1.165, 1.54) is 71.0 Å². The zero-order valence-corrected chi connectivity index (χ0v) is 10.7. The van der Waals surface area contributed by atoms with Gasteiger partial charge in [0, 0.05) is 17.6 Å². The number of rotatable bonds is 1. The Labute approximate surface area is 99.8 Å². The van der Waals surface area contributed by atoms with Crippen LogP contribution in [0.1, 0.15) is 58.3 Å². The van der Waals surface area contributed by atoms with Gasteiger partial charge >= 0.3 is 0 Å². The largest absolute Gasteiger partial charge is 0.310 e. The van der Waals surface area contributed by atoms with Crippen molar-refractivity contribution in [3.63, 3.8) is 0 Å². The van der Waals surface area contributed by atoms with Crippen LogP contribution in [0, 0.1) is 0 Å². The fourth-order valence-corrected chi connectivity index (χ4v) is 3.65. The Bertz CT molecular complexity index is 251. The average molecular weight is 222 g/mol. The summed E-state index contributed by atoms with van der Waals surface area (Å²) < 4.78 is 0. The molecule has 2 nitrogen and oxygen atoms in total. The first kappa shape index (κ1) is 11.0. The smallest absolute Gasteiger partial charge is 0.0309 e. The van der Waals surface area contributed by atoms with Crippen molar-refractivity contribution in [1.29, 1.82) is 0 Å². The lowest BCUT2D eigenvalue weighted by Crippen LogP contribution is -2.54. The summed E-state index contributed by atoms with van der Waals surface area (Å²) in [5.74, 6) is 0. The van der Waals surface area contributed by atoms with Crippen molar-refractivity contribution in [1.82, 2.24) is 10.2 Å². The topological polar surface area (TPSA) is 15.3 Å². The highest BCUT2D eigenvalue weighted by Gasteiger charge is 2.47. The van der Waals surface area contributed by atoms with Crippen molar-refractivity contribution < 1.29 is 0 Å². The maximum atomic E-state index is 3.89. The third-order valence-corrected chi connectivity index (χ3v) is 5.15.